The van der Waals surface area contributed by atoms with E-state index in [9.17, 15) is 0 Å². The van der Waals surface area contributed by atoms with Gasteiger partial charge in [0.2, 0.25) is 0 Å². The predicted octanol–water partition coefficient (Wildman–Crippen LogP) is 1.58. The van der Waals surface area contributed by atoms with Crippen molar-refractivity contribution in [3.8, 4) is 0 Å². The van der Waals surface area contributed by atoms with Crippen molar-refractivity contribution >= 4 is 16.3 Å². The second kappa shape index (κ2) is 4.76. The number of thiazole rings is 1. The van der Waals surface area contributed by atoms with Crippen molar-refractivity contribution in [1.29, 1.82) is 0 Å². The topological polar surface area (TPSA) is 32.6 Å². The zero-order valence-electron chi connectivity index (χ0n) is 10.1. The fourth-order valence-corrected chi connectivity index (χ4v) is 3.17. The van der Waals surface area contributed by atoms with Gasteiger partial charge < -0.3 is 5.32 Å². The van der Waals surface area contributed by atoms with Gasteiger partial charge in [-0.2, -0.15) is 0 Å². The van der Waals surface area contributed by atoms with E-state index < -0.39 is 0 Å². The predicted molar refractivity (Wildman–Crippen MR) is 70.4 cm³/mol. The molecule has 1 aliphatic heterocycles. The molecule has 0 amide bonds. The van der Waals surface area contributed by atoms with Crippen LogP contribution in [0.2, 0.25) is 0 Å². The third kappa shape index (κ3) is 2.36. The Labute approximate surface area is 105 Å². The third-order valence-electron chi connectivity index (χ3n) is 3.45. The van der Waals surface area contributed by atoms with Crippen LogP contribution in [0.15, 0.2) is 17.8 Å². The minimum absolute atomic E-state index is 0.656. The normalized spacial score (nSPS) is 21.4. The average molecular weight is 250 g/mol. The van der Waals surface area contributed by atoms with Crippen LogP contribution in [-0.4, -0.2) is 40.5 Å². The van der Waals surface area contributed by atoms with Crippen molar-refractivity contribution < 1.29 is 0 Å². The van der Waals surface area contributed by atoms with Crippen LogP contribution in [0.4, 0.5) is 0 Å². The molecule has 0 saturated carbocycles. The zero-order valence-corrected chi connectivity index (χ0v) is 10.9. The Kier molecular flexibility index (Phi) is 3.13. The van der Waals surface area contributed by atoms with Crippen LogP contribution >= 0.6 is 11.3 Å². The number of rotatable bonds is 3. The number of nitrogens with zero attached hydrogens (tertiary/aromatic N) is 3. The average Bonchev–Trinajstić information content (AvgIpc) is 2.90. The number of likely N-dealkylation sites (N-methyl/N-ethyl adjacent to an activating group) is 1. The molecule has 2 aromatic heterocycles. The fraction of sp³-hybridized carbons (Fsp3) is 0.583. The summed E-state index contributed by atoms with van der Waals surface area (Å²) in [5.74, 6) is 0. The molecule has 92 valence electrons. The molecule has 1 unspecified atom stereocenters. The lowest BCUT2D eigenvalue weighted by atomic mass is 10.1. The van der Waals surface area contributed by atoms with Gasteiger partial charge in [0, 0.05) is 36.9 Å². The lowest BCUT2D eigenvalue weighted by molar-refractivity contribution is 0.194. The highest BCUT2D eigenvalue weighted by molar-refractivity contribution is 7.15. The van der Waals surface area contributed by atoms with Crippen molar-refractivity contribution in [2.45, 2.75) is 25.4 Å². The summed E-state index contributed by atoms with van der Waals surface area (Å²) in [4.78, 5) is 8.13. The third-order valence-corrected chi connectivity index (χ3v) is 4.22. The highest BCUT2D eigenvalue weighted by Gasteiger charge is 2.18. The summed E-state index contributed by atoms with van der Waals surface area (Å²) in [5, 5.41) is 5.53. The molecule has 2 aromatic rings. The SMILES string of the molecule is CN(Cc1cn2ccsc2n1)C1CCCNC1. The van der Waals surface area contributed by atoms with E-state index in [1.807, 2.05) is 0 Å². The summed E-state index contributed by atoms with van der Waals surface area (Å²) in [6.07, 6.45) is 6.79. The van der Waals surface area contributed by atoms with Gasteiger partial charge >= 0.3 is 0 Å². The van der Waals surface area contributed by atoms with E-state index in [1.54, 1.807) is 11.3 Å². The second-order valence-electron chi connectivity index (χ2n) is 4.74. The smallest absolute Gasteiger partial charge is 0.193 e. The van der Waals surface area contributed by atoms with Crippen LogP contribution in [0.1, 0.15) is 18.5 Å². The van der Waals surface area contributed by atoms with Crippen LogP contribution in [0.25, 0.3) is 4.96 Å². The quantitative estimate of drug-likeness (QED) is 0.897. The van der Waals surface area contributed by atoms with Gasteiger partial charge in [-0.25, -0.2) is 4.98 Å². The molecule has 0 spiro atoms. The molecule has 0 radical (unpaired) electrons. The molecule has 0 aliphatic carbocycles. The summed E-state index contributed by atoms with van der Waals surface area (Å²) in [6, 6.07) is 0.656. The molecule has 3 rings (SSSR count). The Morgan fingerprint density at radius 1 is 1.65 bits per heavy atom. The molecule has 3 heterocycles. The first-order valence-corrected chi connectivity index (χ1v) is 7.03. The molecular weight excluding hydrogens is 232 g/mol. The van der Waals surface area contributed by atoms with E-state index >= 15 is 0 Å². The van der Waals surface area contributed by atoms with E-state index in [0.717, 1.165) is 18.1 Å². The lowest BCUT2D eigenvalue weighted by Crippen LogP contribution is -2.43. The monoisotopic (exact) mass is 250 g/mol. The molecule has 1 saturated heterocycles. The van der Waals surface area contributed by atoms with E-state index in [4.69, 9.17) is 0 Å². The number of piperidine rings is 1. The Balaban J connectivity index is 1.67. The Bertz CT molecular complexity index is 455. The van der Waals surface area contributed by atoms with E-state index in [-0.39, 0.29) is 0 Å². The number of nitrogens with one attached hydrogen (secondary N) is 1. The van der Waals surface area contributed by atoms with Gasteiger partial charge in [0.25, 0.3) is 0 Å². The Morgan fingerprint density at radius 3 is 3.35 bits per heavy atom. The first-order valence-electron chi connectivity index (χ1n) is 6.15. The van der Waals surface area contributed by atoms with Gasteiger partial charge in [0.15, 0.2) is 4.96 Å². The molecule has 0 aromatic carbocycles. The maximum absolute atomic E-state index is 4.63. The number of hydrogen-bond donors (Lipinski definition) is 1. The van der Waals surface area contributed by atoms with Gasteiger partial charge in [-0.1, -0.05) is 0 Å². The van der Waals surface area contributed by atoms with Gasteiger partial charge in [-0.05, 0) is 26.4 Å². The maximum Gasteiger partial charge on any atom is 0.193 e. The van der Waals surface area contributed by atoms with Gasteiger partial charge in [0.05, 0.1) is 5.69 Å². The summed E-state index contributed by atoms with van der Waals surface area (Å²) in [5.41, 5.74) is 1.17. The number of fused-ring (bicyclic) bond motifs is 1. The summed E-state index contributed by atoms with van der Waals surface area (Å²) >= 11 is 1.69. The van der Waals surface area contributed by atoms with Crippen molar-refractivity contribution in [3.63, 3.8) is 0 Å². The summed E-state index contributed by atoms with van der Waals surface area (Å²) < 4.78 is 2.10. The molecule has 1 aliphatic rings. The molecule has 4 nitrogen and oxygen atoms in total. The highest BCUT2D eigenvalue weighted by Crippen LogP contribution is 2.15. The first-order chi connectivity index (χ1) is 8.33. The van der Waals surface area contributed by atoms with Crippen molar-refractivity contribution in [2.75, 3.05) is 20.1 Å². The molecule has 1 N–H and O–H groups in total. The molecular formula is C12H18N4S. The molecule has 1 atom stereocenters. The van der Waals surface area contributed by atoms with Gasteiger partial charge in [0.1, 0.15) is 0 Å². The van der Waals surface area contributed by atoms with Gasteiger partial charge in [-0.15, -0.1) is 11.3 Å². The Hall–Kier alpha value is -0.910. The van der Waals surface area contributed by atoms with Crippen LogP contribution in [0.5, 0.6) is 0 Å². The number of aromatic nitrogens is 2. The summed E-state index contributed by atoms with van der Waals surface area (Å²) in [7, 11) is 2.20. The first kappa shape index (κ1) is 11.2. The number of hydrogen-bond acceptors (Lipinski definition) is 4. The molecule has 0 bridgehead atoms. The maximum atomic E-state index is 4.63. The van der Waals surface area contributed by atoms with E-state index in [1.165, 1.54) is 25.1 Å². The summed E-state index contributed by atoms with van der Waals surface area (Å²) in [6.45, 7) is 3.23. The number of imidazole rings is 1. The largest absolute Gasteiger partial charge is 0.315 e. The van der Waals surface area contributed by atoms with Crippen LogP contribution in [0, 0.1) is 0 Å². The van der Waals surface area contributed by atoms with Gasteiger partial charge in [-0.3, -0.25) is 9.30 Å². The highest BCUT2D eigenvalue weighted by atomic mass is 32.1. The molecule has 1 fully saturated rings. The fourth-order valence-electron chi connectivity index (χ4n) is 2.45. The van der Waals surface area contributed by atoms with Crippen molar-refractivity contribution in [1.82, 2.24) is 19.6 Å². The zero-order chi connectivity index (χ0) is 11.7. The van der Waals surface area contributed by atoms with E-state index in [2.05, 4.69) is 44.4 Å². The minimum Gasteiger partial charge on any atom is -0.315 e. The second-order valence-corrected chi connectivity index (χ2v) is 5.61. The van der Waals surface area contributed by atoms with Crippen LogP contribution < -0.4 is 5.32 Å². The van der Waals surface area contributed by atoms with Crippen molar-refractivity contribution in [2.24, 2.45) is 0 Å². The van der Waals surface area contributed by atoms with Crippen molar-refractivity contribution in [3.05, 3.63) is 23.5 Å². The minimum atomic E-state index is 0.656. The van der Waals surface area contributed by atoms with Crippen LogP contribution in [0.3, 0.4) is 0 Å². The lowest BCUT2D eigenvalue weighted by Gasteiger charge is -2.31. The molecule has 5 heteroatoms. The standard InChI is InChI=1S/C12H18N4S/c1-15(11-3-2-4-13-7-11)8-10-9-16-5-6-17-12(16)14-10/h5-6,9,11,13H,2-4,7-8H2,1H3. The Morgan fingerprint density at radius 2 is 2.59 bits per heavy atom. The molecule has 17 heavy (non-hydrogen) atoms. The van der Waals surface area contributed by atoms with Crippen LogP contribution in [-0.2, 0) is 6.54 Å². The van der Waals surface area contributed by atoms with E-state index in [0.29, 0.717) is 6.04 Å².